The van der Waals surface area contributed by atoms with E-state index >= 15 is 0 Å². The number of benzene rings is 1. The summed E-state index contributed by atoms with van der Waals surface area (Å²) in [6.07, 6.45) is 1.88. The first kappa shape index (κ1) is 17.8. The minimum Gasteiger partial charge on any atom is -0.467 e. The van der Waals surface area contributed by atoms with Crippen LogP contribution in [0.2, 0.25) is 0 Å². The summed E-state index contributed by atoms with van der Waals surface area (Å²) in [5.41, 5.74) is -0.227. The molecule has 1 aliphatic carbocycles. The average molecular weight is 381 g/mol. The van der Waals surface area contributed by atoms with Crippen molar-refractivity contribution in [3.05, 3.63) is 54.5 Å². The molecule has 1 aromatic carbocycles. The second-order valence-corrected chi connectivity index (χ2v) is 7.85. The number of furan rings is 1. The van der Waals surface area contributed by atoms with Crippen molar-refractivity contribution < 1.29 is 14.0 Å². The first-order valence-electron chi connectivity index (χ1n) is 7.86. The first-order chi connectivity index (χ1) is 11.8. The van der Waals surface area contributed by atoms with Crippen molar-refractivity contribution in [2.75, 3.05) is 11.9 Å². The van der Waals surface area contributed by atoms with Crippen molar-refractivity contribution in [2.45, 2.75) is 24.2 Å². The number of nitrogens with one attached hydrogen (secondary N) is 1. The molecule has 7 heteroatoms. The van der Waals surface area contributed by atoms with Gasteiger partial charge in [-0.3, -0.25) is 9.59 Å². The fourth-order valence-corrected chi connectivity index (χ4v) is 3.36. The van der Waals surface area contributed by atoms with Gasteiger partial charge in [0, 0.05) is 5.69 Å². The molecule has 25 heavy (non-hydrogen) atoms. The Morgan fingerprint density at radius 1 is 1.20 bits per heavy atom. The maximum atomic E-state index is 12.9. The van der Waals surface area contributed by atoms with Crippen LogP contribution in [0.3, 0.4) is 0 Å². The predicted molar refractivity (Wildman–Crippen MR) is 96.4 cm³/mol. The van der Waals surface area contributed by atoms with Gasteiger partial charge < -0.3 is 14.6 Å². The number of anilines is 1. The van der Waals surface area contributed by atoms with Crippen LogP contribution in [-0.2, 0) is 16.1 Å². The molecule has 0 aliphatic heterocycles. The van der Waals surface area contributed by atoms with Crippen LogP contribution in [0.5, 0.6) is 0 Å². The van der Waals surface area contributed by atoms with Gasteiger partial charge in [-0.2, -0.15) is 0 Å². The number of hydrogen-bond acceptors (Lipinski definition) is 3. The Morgan fingerprint density at radius 2 is 1.88 bits per heavy atom. The van der Waals surface area contributed by atoms with Gasteiger partial charge in [0.05, 0.1) is 18.2 Å². The Balaban J connectivity index is 1.72. The molecule has 1 N–H and O–H groups in total. The highest BCUT2D eigenvalue weighted by Crippen LogP contribution is 2.64. The monoisotopic (exact) mass is 380 g/mol. The van der Waals surface area contributed by atoms with Crippen molar-refractivity contribution in [2.24, 2.45) is 5.41 Å². The first-order valence-corrected chi connectivity index (χ1v) is 8.62. The summed E-state index contributed by atoms with van der Waals surface area (Å²) in [5, 5.41) is 2.77. The molecule has 1 heterocycles. The fourth-order valence-electron chi connectivity index (χ4n) is 2.67. The summed E-state index contributed by atoms with van der Waals surface area (Å²) in [4.78, 5) is 26.7. The molecule has 0 saturated heterocycles. The lowest BCUT2D eigenvalue weighted by Crippen LogP contribution is -2.42. The van der Waals surface area contributed by atoms with Crippen LogP contribution in [0.15, 0.2) is 53.1 Å². The summed E-state index contributed by atoms with van der Waals surface area (Å²) in [5.74, 6) is 0.0158. The molecule has 1 atom stereocenters. The van der Waals surface area contributed by atoms with Crippen molar-refractivity contribution in [1.82, 2.24) is 4.90 Å². The van der Waals surface area contributed by atoms with Crippen LogP contribution in [0.1, 0.15) is 19.1 Å². The lowest BCUT2D eigenvalue weighted by atomic mass is 10.1. The zero-order chi connectivity index (χ0) is 18.1. The van der Waals surface area contributed by atoms with Gasteiger partial charge in [0.15, 0.2) is 0 Å². The standard InChI is InChI=1S/C18H18Cl2N2O3/c1-17(12-18(17,19)20)16(24)22(10-14-8-5-9-25-14)11-15(23)21-13-6-3-2-4-7-13/h2-9H,10-12H2,1H3,(H,21,23)/t17-/m0/s1. The van der Waals surface area contributed by atoms with Gasteiger partial charge in [-0.05, 0) is 37.6 Å². The molecule has 3 rings (SSSR count). The van der Waals surface area contributed by atoms with Crippen molar-refractivity contribution in [1.29, 1.82) is 0 Å². The minimum absolute atomic E-state index is 0.117. The van der Waals surface area contributed by atoms with Crippen LogP contribution in [0.4, 0.5) is 5.69 Å². The molecule has 0 unspecified atom stereocenters. The van der Waals surface area contributed by atoms with Gasteiger partial charge in [-0.15, -0.1) is 23.2 Å². The van der Waals surface area contributed by atoms with E-state index in [4.69, 9.17) is 27.6 Å². The van der Waals surface area contributed by atoms with Crippen LogP contribution < -0.4 is 5.32 Å². The molecule has 0 spiro atoms. The third kappa shape index (κ3) is 3.83. The lowest BCUT2D eigenvalue weighted by molar-refractivity contribution is -0.140. The van der Waals surface area contributed by atoms with Crippen LogP contribution in [0.25, 0.3) is 0 Å². The molecular weight excluding hydrogens is 363 g/mol. The van der Waals surface area contributed by atoms with Gasteiger partial charge in [-0.25, -0.2) is 0 Å². The van der Waals surface area contributed by atoms with Gasteiger partial charge >= 0.3 is 0 Å². The predicted octanol–water partition coefficient (Wildman–Crippen LogP) is 3.83. The van der Waals surface area contributed by atoms with Gasteiger partial charge in [-0.1, -0.05) is 18.2 Å². The number of hydrogen-bond donors (Lipinski definition) is 1. The molecule has 2 aromatic rings. The lowest BCUT2D eigenvalue weighted by Gasteiger charge is -2.25. The molecule has 2 amide bonds. The van der Waals surface area contributed by atoms with Crippen LogP contribution >= 0.6 is 23.2 Å². The number of carbonyl (C=O) groups excluding carboxylic acids is 2. The van der Waals surface area contributed by atoms with E-state index in [-0.39, 0.29) is 24.9 Å². The van der Waals surface area contributed by atoms with E-state index in [1.165, 1.54) is 11.2 Å². The summed E-state index contributed by atoms with van der Waals surface area (Å²) >= 11 is 12.3. The molecule has 1 fully saturated rings. The summed E-state index contributed by atoms with van der Waals surface area (Å²) < 4.78 is 4.21. The Bertz CT molecular complexity index is 762. The second kappa shape index (κ2) is 6.73. The zero-order valence-electron chi connectivity index (χ0n) is 13.7. The summed E-state index contributed by atoms with van der Waals surface area (Å²) in [6, 6.07) is 12.5. The van der Waals surface area contributed by atoms with E-state index < -0.39 is 9.75 Å². The molecule has 1 saturated carbocycles. The van der Waals surface area contributed by atoms with Crippen molar-refractivity contribution >= 4 is 40.7 Å². The van der Waals surface area contributed by atoms with Gasteiger partial charge in [0.2, 0.25) is 11.8 Å². The van der Waals surface area contributed by atoms with Crippen molar-refractivity contribution in [3.63, 3.8) is 0 Å². The maximum absolute atomic E-state index is 12.9. The number of alkyl halides is 2. The van der Waals surface area contributed by atoms with E-state index in [9.17, 15) is 9.59 Å². The quantitative estimate of drug-likeness (QED) is 0.774. The normalized spacial score (nSPS) is 20.8. The number of para-hydroxylation sites is 1. The molecule has 0 radical (unpaired) electrons. The number of nitrogens with zero attached hydrogens (tertiary/aromatic N) is 1. The van der Waals surface area contributed by atoms with E-state index in [0.29, 0.717) is 17.9 Å². The van der Waals surface area contributed by atoms with Crippen LogP contribution in [-0.4, -0.2) is 27.6 Å². The van der Waals surface area contributed by atoms with E-state index in [1.807, 2.05) is 18.2 Å². The largest absolute Gasteiger partial charge is 0.467 e. The Morgan fingerprint density at radius 3 is 2.44 bits per heavy atom. The van der Waals surface area contributed by atoms with Crippen LogP contribution in [0, 0.1) is 5.41 Å². The Labute approximate surface area is 155 Å². The summed E-state index contributed by atoms with van der Waals surface area (Å²) in [7, 11) is 0. The molecule has 132 valence electrons. The highest BCUT2D eigenvalue weighted by molar-refractivity contribution is 6.53. The SMILES string of the molecule is C[C@@]1(C(=O)N(CC(=O)Nc2ccccc2)Cc2ccco2)CC1(Cl)Cl. The fraction of sp³-hybridized carbons (Fsp3) is 0.333. The van der Waals surface area contributed by atoms with Gasteiger partial charge in [0.1, 0.15) is 16.6 Å². The van der Waals surface area contributed by atoms with E-state index in [1.54, 1.807) is 31.2 Å². The third-order valence-electron chi connectivity index (χ3n) is 4.34. The molecule has 1 aromatic heterocycles. The van der Waals surface area contributed by atoms with E-state index in [0.717, 1.165) is 0 Å². The number of amides is 2. The molecule has 1 aliphatic rings. The molecule has 5 nitrogen and oxygen atoms in total. The Kier molecular flexibility index (Phi) is 4.80. The topological polar surface area (TPSA) is 62.6 Å². The van der Waals surface area contributed by atoms with Gasteiger partial charge in [0.25, 0.3) is 0 Å². The highest BCUT2D eigenvalue weighted by Gasteiger charge is 2.68. The second-order valence-electron chi connectivity index (χ2n) is 6.37. The zero-order valence-corrected chi connectivity index (χ0v) is 15.2. The molecular formula is C18H18Cl2N2O3. The minimum atomic E-state index is -1.10. The van der Waals surface area contributed by atoms with Crippen molar-refractivity contribution in [3.8, 4) is 0 Å². The highest BCUT2D eigenvalue weighted by atomic mass is 35.5. The third-order valence-corrected chi connectivity index (χ3v) is 5.44. The average Bonchev–Trinajstić information content (AvgIpc) is 2.92. The number of halogens is 2. The molecule has 0 bridgehead atoms. The number of carbonyl (C=O) groups is 2. The number of rotatable bonds is 6. The maximum Gasteiger partial charge on any atom is 0.244 e. The Hall–Kier alpha value is -1.98. The summed E-state index contributed by atoms with van der Waals surface area (Å²) in [6.45, 7) is 1.76. The smallest absolute Gasteiger partial charge is 0.244 e. The van der Waals surface area contributed by atoms with E-state index in [2.05, 4.69) is 5.32 Å².